The number of anilines is 1. The van der Waals surface area contributed by atoms with Gasteiger partial charge in [0.1, 0.15) is 17.2 Å². The number of carbonyl (C=O) groups is 2. The van der Waals surface area contributed by atoms with Crippen LogP contribution in [0, 0.1) is 11.7 Å². The molecule has 37 heavy (non-hydrogen) atoms. The molecule has 2 heterocycles. The Bertz CT molecular complexity index is 1230. The lowest BCUT2D eigenvalue weighted by Crippen LogP contribution is -2.41. The second kappa shape index (κ2) is 11.4. The summed E-state index contributed by atoms with van der Waals surface area (Å²) in [5.41, 5.74) is 1.45. The Morgan fingerprint density at radius 3 is 2.73 bits per heavy atom. The predicted molar refractivity (Wildman–Crippen MR) is 140 cm³/mol. The van der Waals surface area contributed by atoms with Crippen molar-refractivity contribution in [2.24, 2.45) is 5.92 Å². The van der Waals surface area contributed by atoms with Crippen molar-refractivity contribution in [2.45, 2.75) is 50.6 Å². The molecule has 2 aliphatic rings. The number of hydrogen-bond donors (Lipinski definition) is 2. The van der Waals surface area contributed by atoms with Gasteiger partial charge in [0.2, 0.25) is 6.41 Å². The van der Waals surface area contributed by atoms with E-state index in [2.05, 4.69) is 15.8 Å². The van der Waals surface area contributed by atoms with Crippen molar-refractivity contribution < 1.29 is 18.5 Å². The zero-order valence-electron chi connectivity index (χ0n) is 20.5. The van der Waals surface area contributed by atoms with Crippen LogP contribution in [-0.2, 0) is 4.79 Å². The minimum atomic E-state index is -0.524. The van der Waals surface area contributed by atoms with Gasteiger partial charge in [0.05, 0.1) is 16.6 Å². The van der Waals surface area contributed by atoms with Crippen LogP contribution in [0.15, 0.2) is 53.1 Å². The van der Waals surface area contributed by atoms with Gasteiger partial charge in [-0.25, -0.2) is 4.39 Å². The molecule has 2 N–H and O–H groups in total. The first-order valence-corrected chi connectivity index (χ1v) is 13.2. The van der Waals surface area contributed by atoms with Crippen molar-refractivity contribution >= 4 is 29.6 Å². The number of carbonyl (C=O) groups excluding carboxylic acids is 2. The summed E-state index contributed by atoms with van der Waals surface area (Å²) in [4.78, 5) is 26.8. The average Bonchev–Trinajstić information content (AvgIpc) is 3.59. The summed E-state index contributed by atoms with van der Waals surface area (Å²) in [6.07, 6.45) is 5.92. The number of benzene rings is 2. The maximum atomic E-state index is 15.0. The highest BCUT2D eigenvalue weighted by Gasteiger charge is 2.36. The van der Waals surface area contributed by atoms with Gasteiger partial charge in [0, 0.05) is 18.2 Å². The van der Waals surface area contributed by atoms with Crippen LogP contribution < -0.4 is 15.5 Å². The van der Waals surface area contributed by atoms with Gasteiger partial charge >= 0.3 is 0 Å². The van der Waals surface area contributed by atoms with Gasteiger partial charge in [-0.15, -0.1) is 0 Å². The van der Waals surface area contributed by atoms with Crippen molar-refractivity contribution in [1.82, 2.24) is 15.8 Å². The highest BCUT2D eigenvalue weighted by Crippen LogP contribution is 2.44. The Balaban J connectivity index is 1.41. The molecular weight excluding hydrogens is 495 g/mol. The maximum absolute atomic E-state index is 15.0. The molecule has 9 heteroatoms. The van der Waals surface area contributed by atoms with E-state index < -0.39 is 5.82 Å². The first-order valence-electron chi connectivity index (χ1n) is 12.8. The van der Waals surface area contributed by atoms with Gasteiger partial charge in [-0.3, -0.25) is 9.59 Å². The molecule has 1 saturated heterocycles. The molecule has 5 rings (SSSR count). The third kappa shape index (κ3) is 5.40. The lowest BCUT2D eigenvalue weighted by Gasteiger charge is -2.36. The molecule has 2 amide bonds. The van der Waals surface area contributed by atoms with E-state index in [1.165, 1.54) is 12.1 Å². The number of halogens is 2. The monoisotopic (exact) mass is 524 g/mol. The number of hydrogen-bond acceptors (Lipinski definition) is 5. The summed E-state index contributed by atoms with van der Waals surface area (Å²) in [7, 11) is 0. The number of aromatic nitrogens is 1. The summed E-state index contributed by atoms with van der Waals surface area (Å²) in [6.45, 7) is 1.35. The lowest BCUT2D eigenvalue weighted by molar-refractivity contribution is -0.108. The minimum Gasteiger partial charge on any atom is -0.357 e. The first kappa shape index (κ1) is 25.4. The Morgan fingerprint density at radius 2 is 2.00 bits per heavy atom. The van der Waals surface area contributed by atoms with E-state index in [1.807, 2.05) is 18.2 Å². The molecule has 3 atom stereocenters. The number of nitrogens with one attached hydrogen (secondary N) is 2. The summed E-state index contributed by atoms with van der Waals surface area (Å²) in [6, 6.07) is 13.3. The van der Waals surface area contributed by atoms with Crippen molar-refractivity contribution in [3.63, 3.8) is 0 Å². The molecule has 1 aliphatic heterocycles. The normalized spacial score (nSPS) is 21.5. The van der Waals surface area contributed by atoms with E-state index in [4.69, 9.17) is 16.1 Å². The smallest absolute Gasteiger partial charge is 0.251 e. The fourth-order valence-electron chi connectivity index (χ4n) is 5.52. The SMILES string of the molecule is O=CN(c1c(-c2c(F)cccc2Cl)noc1C1CCCN1)C1CCCC(CNC(=O)c2ccccc2)C1. The van der Waals surface area contributed by atoms with Crippen molar-refractivity contribution in [3.05, 3.63) is 70.7 Å². The van der Waals surface area contributed by atoms with Crippen molar-refractivity contribution in [1.29, 1.82) is 0 Å². The average molecular weight is 525 g/mol. The van der Waals surface area contributed by atoms with Crippen LogP contribution >= 0.6 is 11.6 Å². The first-order chi connectivity index (χ1) is 18.1. The molecule has 1 aliphatic carbocycles. The van der Waals surface area contributed by atoms with Gasteiger partial charge in [-0.2, -0.15) is 0 Å². The third-order valence-corrected chi connectivity index (χ3v) is 7.69. The predicted octanol–water partition coefficient (Wildman–Crippen LogP) is 5.51. The third-order valence-electron chi connectivity index (χ3n) is 7.38. The topological polar surface area (TPSA) is 87.5 Å². The fraction of sp³-hybridized carbons (Fsp3) is 0.393. The van der Waals surface area contributed by atoms with Crippen LogP contribution in [0.1, 0.15) is 60.7 Å². The molecule has 2 aromatic carbocycles. The van der Waals surface area contributed by atoms with E-state index in [0.717, 1.165) is 45.1 Å². The molecule has 7 nitrogen and oxygen atoms in total. The summed E-state index contributed by atoms with van der Waals surface area (Å²) in [5, 5.41) is 10.9. The number of amides is 2. The molecule has 0 radical (unpaired) electrons. The molecule has 194 valence electrons. The maximum Gasteiger partial charge on any atom is 0.251 e. The van der Waals surface area contributed by atoms with E-state index in [1.54, 1.807) is 23.1 Å². The zero-order chi connectivity index (χ0) is 25.8. The summed E-state index contributed by atoms with van der Waals surface area (Å²) < 4.78 is 20.7. The van der Waals surface area contributed by atoms with Gasteiger partial charge in [0.25, 0.3) is 5.91 Å². The van der Waals surface area contributed by atoms with Crippen LogP contribution in [-0.4, -0.2) is 36.6 Å². The van der Waals surface area contributed by atoms with Gasteiger partial charge in [-0.05, 0) is 68.8 Å². The molecule has 0 bridgehead atoms. The molecule has 1 aromatic heterocycles. The Morgan fingerprint density at radius 1 is 1.16 bits per heavy atom. The van der Waals surface area contributed by atoms with Crippen LogP contribution in [0.2, 0.25) is 5.02 Å². The molecule has 2 fully saturated rings. The van der Waals surface area contributed by atoms with E-state index in [-0.39, 0.29) is 40.2 Å². The van der Waals surface area contributed by atoms with Gasteiger partial charge in [0.15, 0.2) is 5.76 Å². The summed E-state index contributed by atoms with van der Waals surface area (Å²) in [5.74, 6) is 0.0877. The highest BCUT2D eigenvalue weighted by atomic mass is 35.5. The lowest BCUT2D eigenvalue weighted by atomic mass is 9.84. The van der Waals surface area contributed by atoms with Crippen molar-refractivity contribution in [3.8, 4) is 11.3 Å². The molecule has 0 spiro atoms. The Kier molecular flexibility index (Phi) is 7.86. The Labute approximate surface area is 220 Å². The molecular formula is C28H30ClFN4O3. The van der Waals surface area contributed by atoms with Gasteiger partial charge in [-0.1, -0.05) is 47.4 Å². The van der Waals surface area contributed by atoms with Crippen molar-refractivity contribution in [2.75, 3.05) is 18.0 Å². The zero-order valence-corrected chi connectivity index (χ0v) is 21.2. The second-order valence-electron chi connectivity index (χ2n) is 9.76. The van der Waals surface area contributed by atoms with E-state index >= 15 is 0 Å². The number of rotatable bonds is 8. The second-order valence-corrected chi connectivity index (χ2v) is 10.2. The van der Waals surface area contributed by atoms with Crippen LogP contribution in [0.25, 0.3) is 11.3 Å². The quantitative estimate of drug-likeness (QED) is 0.379. The van der Waals surface area contributed by atoms with E-state index in [9.17, 15) is 14.0 Å². The summed E-state index contributed by atoms with van der Waals surface area (Å²) >= 11 is 6.40. The highest BCUT2D eigenvalue weighted by molar-refractivity contribution is 6.33. The molecule has 3 aromatic rings. The van der Waals surface area contributed by atoms with E-state index in [0.29, 0.717) is 30.0 Å². The fourth-order valence-corrected chi connectivity index (χ4v) is 5.78. The minimum absolute atomic E-state index is 0.111. The molecule has 3 unspecified atom stereocenters. The Hall–Kier alpha value is -3.23. The standard InChI is InChI=1S/C28H30ClFN4O3/c29-21-11-5-12-22(30)24(21)25-26(27(37-33-25)23-13-6-14-31-23)34(17-35)20-10-4-7-18(15-20)16-32-28(36)19-8-2-1-3-9-19/h1-3,5,8-9,11-12,17-18,20,23,31H,4,6-7,10,13-16H2,(H,32,36). The van der Waals surface area contributed by atoms with Crippen LogP contribution in [0.5, 0.6) is 0 Å². The number of nitrogens with zero attached hydrogens (tertiary/aromatic N) is 2. The van der Waals surface area contributed by atoms with Crippen LogP contribution in [0.3, 0.4) is 0 Å². The molecule has 1 saturated carbocycles. The van der Waals surface area contributed by atoms with Crippen LogP contribution in [0.4, 0.5) is 10.1 Å². The van der Waals surface area contributed by atoms with Gasteiger partial charge < -0.3 is 20.1 Å². The largest absolute Gasteiger partial charge is 0.357 e.